The zero-order chi connectivity index (χ0) is 21.3. The van der Waals surface area contributed by atoms with E-state index in [-0.39, 0.29) is 23.8 Å². The largest absolute Gasteiger partial charge is 0.471 e. The average molecular weight is 431 g/mol. The summed E-state index contributed by atoms with van der Waals surface area (Å²) in [7, 11) is 0. The molecule has 2 aromatic heterocycles. The third-order valence-corrected chi connectivity index (χ3v) is 7.09. The first-order valence-corrected chi connectivity index (χ1v) is 10.5. The first-order chi connectivity index (χ1) is 14.9. The van der Waals surface area contributed by atoms with Crippen LogP contribution in [0.2, 0.25) is 0 Å². The van der Waals surface area contributed by atoms with Crippen LogP contribution in [0.15, 0.2) is 35.0 Å². The van der Waals surface area contributed by atoms with E-state index in [0.717, 1.165) is 31.6 Å². The number of pyridine rings is 1. The van der Waals surface area contributed by atoms with Gasteiger partial charge in [-0.25, -0.2) is 4.98 Å². The number of carbonyl (C=O) groups is 1. The smallest absolute Gasteiger partial charge is 0.350 e. The number of rotatable bonds is 3. The molecule has 0 aromatic carbocycles. The van der Waals surface area contributed by atoms with Crippen molar-refractivity contribution in [3.63, 3.8) is 0 Å². The van der Waals surface area contributed by atoms with Crippen LogP contribution < -0.4 is 4.90 Å². The highest BCUT2D eigenvalue weighted by atomic mass is 19.4. The quantitative estimate of drug-likeness (QED) is 0.695. The van der Waals surface area contributed by atoms with Crippen LogP contribution in [0, 0.1) is 17.8 Å². The van der Waals surface area contributed by atoms with Crippen LogP contribution >= 0.6 is 0 Å². The summed E-state index contributed by atoms with van der Waals surface area (Å²) < 4.78 is 42.2. The Bertz CT molecular complexity index is 1050. The second kappa shape index (κ2) is 6.54. The molecule has 5 atom stereocenters. The highest BCUT2D eigenvalue weighted by Gasteiger charge is 2.49. The zero-order valence-corrected chi connectivity index (χ0v) is 16.5. The molecule has 2 aromatic rings. The third kappa shape index (κ3) is 3.02. The Balaban J connectivity index is 1.13. The van der Waals surface area contributed by atoms with Gasteiger partial charge >= 0.3 is 12.1 Å². The summed E-state index contributed by atoms with van der Waals surface area (Å²) in [6.45, 7) is 1.42. The first kappa shape index (κ1) is 18.8. The van der Waals surface area contributed by atoms with E-state index < -0.39 is 12.1 Å². The minimum atomic E-state index is -4.68. The molecular weight excluding hydrogens is 411 g/mol. The topological polar surface area (TPSA) is 75.4 Å². The van der Waals surface area contributed by atoms with E-state index in [4.69, 9.17) is 0 Å². The molecule has 3 fully saturated rings. The Hall–Kier alpha value is -2.91. The van der Waals surface area contributed by atoms with Gasteiger partial charge in [0.1, 0.15) is 5.82 Å². The van der Waals surface area contributed by atoms with Gasteiger partial charge in [-0.1, -0.05) is 17.3 Å². The number of anilines is 1. The average Bonchev–Trinajstić information content (AvgIpc) is 3.57. The number of aromatic nitrogens is 3. The van der Waals surface area contributed by atoms with E-state index in [1.165, 1.54) is 6.20 Å². The van der Waals surface area contributed by atoms with E-state index in [2.05, 4.69) is 41.6 Å². The summed E-state index contributed by atoms with van der Waals surface area (Å²) in [6.07, 6.45) is 4.26. The molecule has 1 saturated carbocycles. The SMILES string of the molecule is O=C([C@H]1CC2C=CC1C2)N1CC2CC1CN2c1ccc(-c2noc(C(F)(F)F)n2)cn1. The van der Waals surface area contributed by atoms with Gasteiger partial charge in [-0.3, -0.25) is 4.79 Å². The lowest BCUT2D eigenvalue weighted by Gasteiger charge is -2.37. The standard InChI is InChI=1S/C21H20F3N5O2/c22-21(23,24)20-26-18(27-31-20)13-3-4-17(25-8-13)28-9-15-7-14(28)10-29(15)19(30)16-6-11-1-2-12(16)5-11/h1-4,8,11-12,14-16H,5-7,9-10H2/t11?,12?,14?,15?,16-/m0/s1. The lowest BCUT2D eigenvalue weighted by molar-refractivity contribution is -0.159. The molecule has 162 valence electrons. The number of piperazine rings is 1. The van der Waals surface area contributed by atoms with E-state index in [1.807, 2.05) is 0 Å². The maximum Gasteiger partial charge on any atom is 0.471 e. The number of amides is 1. The van der Waals surface area contributed by atoms with Gasteiger partial charge in [0.2, 0.25) is 11.7 Å². The van der Waals surface area contributed by atoms with Gasteiger partial charge in [0.25, 0.3) is 0 Å². The molecule has 4 heterocycles. The zero-order valence-electron chi connectivity index (χ0n) is 16.5. The van der Waals surface area contributed by atoms with Crippen molar-refractivity contribution in [3.8, 4) is 11.4 Å². The summed E-state index contributed by atoms with van der Waals surface area (Å²) in [6, 6.07) is 3.80. The highest BCUT2D eigenvalue weighted by Crippen LogP contribution is 2.45. The molecule has 4 aliphatic rings. The number of hydrogen-bond donors (Lipinski definition) is 0. The molecule has 4 unspecified atom stereocenters. The van der Waals surface area contributed by atoms with Crippen LogP contribution in [0.3, 0.4) is 0 Å². The first-order valence-electron chi connectivity index (χ1n) is 10.5. The summed E-state index contributed by atoms with van der Waals surface area (Å²) >= 11 is 0. The molecule has 4 bridgehead atoms. The van der Waals surface area contributed by atoms with Gasteiger partial charge in [0, 0.05) is 30.8 Å². The van der Waals surface area contributed by atoms with Crippen molar-refractivity contribution in [1.82, 2.24) is 20.0 Å². The summed E-state index contributed by atoms with van der Waals surface area (Å²) in [5, 5.41) is 3.39. The van der Waals surface area contributed by atoms with Crippen LogP contribution in [0.4, 0.5) is 19.0 Å². The van der Waals surface area contributed by atoms with Crippen molar-refractivity contribution < 1.29 is 22.5 Å². The maximum absolute atomic E-state index is 13.1. The van der Waals surface area contributed by atoms with Crippen molar-refractivity contribution >= 4 is 11.7 Å². The fourth-order valence-electron chi connectivity index (χ4n) is 5.64. The Morgan fingerprint density at radius 2 is 1.97 bits per heavy atom. The van der Waals surface area contributed by atoms with Crippen LogP contribution in [0.5, 0.6) is 0 Å². The number of carbonyl (C=O) groups excluding carboxylic acids is 1. The summed E-state index contributed by atoms with van der Waals surface area (Å²) in [5.41, 5.74) is 0.355. The maximum atomic E-state index is 13.1. The normalized spacial score (nSPS) is 31.3. The number of likely N-dealkylation sites (tertiary alicyclic amines) is 1. The number of fused-ring (bicyclic) bond motifs is 4. The predicted octanol–water partition coefficient (Wildman–Crippen LogP) is 3.15. The summed E-state index contributed by atoms with van der Waals surface area (Å²) in [5.74, 6) is 0.631. The second-order valence-electron chi connectivity index (χ2n) is 8.90. The second-order valence-corrected chi connectivity index (χ2v) is 8.90. The molecule has 0 spiro atoms. The van der Waals surface area contributed by atoms with Crippen molar-refractivity contribution in [3.05, 3.63) is 36.4 Å². The molecule has 2 aliphatic carbocycles. The third-order valence-electron chi connectivity index (χ3n) is 7.09. The molecule has 0 N–H and O–H groups in total. The van der Waals surface area contributed by atoms with Crippen molar-refractivity contribution in [2.45, 2.75) is 37.5 Å². The van der Waals surface area contributed by atoms with Gasteiger partial charge in [0.15, 0.2) is 0 Å². The van der Waals surface area contributed by atoms with E-state index in [9.17, 15) is 18.0 Å². The Morgan fingerprint density at radius 1 is 1.10 bits per heavy atom. The van der Waals surface area contributed by atoms with Gasteiger partial charge in [0.05, 0.1) is 12.1 Å². The lowest BCUT2D eigenvalue weighted by Crippen LogP contribution is -2.51. The van der Waals surface area contributed by atoms with E-state index in [1.54, 1.807) is 12.1 Å². The van der Waals surface area contributed by atoms with Gasteiger partial charge < -0.3 is 14.3 Å². The Morgan fingerprint density at radius 3 is 2.55 bits per heavy atom. The molecule has 2 aliphatic heterocycles. The van der Waals surface area contributed by atoms with Crippen LogP contribution in [-0.4, -0.2) is 51.1 Å². The van der Waals surface area contributed by atoms with Gasteiger partial charge in [-0.15, -0.1) is 0 Å². The monoisotopic (exact) mass is 431 g/mol. The van der Waals surface area contributed by atoms with E-state index >= 15 is 0 Å². The number of allylic oxidation sites excluding steroid dienone is 2. The number of hydrogen-bond acceptors (Lipinski definition) is 6. The molecule has 10 heteroatoms. The van der Waals surface area contributed by atoms with Crippen molar-refractivity contribution in [2.75, 3.05) is 18.0 Å². The Labute approximate surface area is 175 Å². The molecule has 6 rings (SSSR count). The minimum absolute atomic E-state index is 0.136. The van der Waals surface area contributed by atoms with Crippen LogP contribution in [0.1, 0.15) is 25.2 Å². The number of nitrogens with zero attached hydrogens (tertiary/aromatic N) is 5. The number of alkyl halides is 3. The molecule has 1 amide bonds. The predicted molar refractivity (Wildman–Crippen MR) is 103 cm³/mol. The highest BCUT2D eigenvalue weighted by molar-refractivity contribution is 5.81. The van der Waals surface area contributed by atoms with Crippen LogP contribution in [0.25, 0.3) is 11.4 Å². The minimum Gasteiger partial charge on any atom is -0.350 e. The molecule has 2 saturated heterocycles. The molecular formula is C21H20F3N5O2. The Kier molecular flexibility index (Phi) is 3.97. The van der Waals surface area contributed by atoms with Gasteiger partial charge in [-0.2, -0.15) is 18.2 Å². The fraction of sp³-hybridized carbons (Fsp3) is 0.524. The van der Waals surface area contributed by atoms with Gasteiger partial charge in [-0.05, 0) is 43.2 Å². The van der Waals surface area contributed by atoms with Crippen molar-refractivity contribution in [2.24, 2.45) is 17.8 Å². The fourth-order valence-corrected chi connectivity index (χ4v) is 5.64. The molecule has 0 radical (unpaired) electrons. The summed E-state index contributed by atoms with van der Waals surface area (Å²) in [4.78, 5) is 25.1. The van der Waals surface area contributed by atoms with Crippen molar-refractivity contribution in [1.29, 1.82) is 0 Å². The van der Waals surface area contributed by atoms with E-state index in [0.29, 0.717) is 29.9 Å². The molecule has 7 nitrogen and oxygen atoms in total. The molecule has 31 heavy (non-hydrogen) atoms. The lowest BCUT2D eigenvalue weighted by atomic mass is 9.92. The number of halogens is 3. The van der Waals surface area contributed by atoms with Crippen LogP contribution in [-0.2, 0) is 11.0 Å².